The Hall–Kier alpha value is -2.70. The lowest BCUT2D eigenvalue weighted by atomic mass is 9.86. The summed E-state index contributed by atoms with van der Waals surface area (Å²) in [5.41, 5.74) is 0.364. The zero-order chi connectivity index (χ0) is 17.8. The summed E-state index contributed by atoms with van der Waals surface area (Å²) in [4.78, 5) is 36.0. The molecule has 0 unspecified atom stereocenters. The summed E-state index contributed by atoms with van der Waals surface area (Å²) in [6.07, 6.45) is 5.49. The largest absolute Gasteiger partial charge is 0.335 e. The van der Waals surface area contributed by atoms with Crippen LogP contribution in [0, 0.1) is 5.92 Å². The number of amides is 3. The van der Waals surface area contributed by atoms with Crippen LogP contribution >= 0.6 is 0 Å². The molecule has 0 saturated heterocycles. The maximum Gasteiger partial charge on any atom is 0.321 e. The van der Waals surface area contributed by atoms with E-state index < -0.39 is 11.9 Å². The molecule has 2 atom stereocenters. The molecule has 1 aliphatic rings. The Bertz CT molecular complexity index is 846. The van der Waals surface area contributed by atoms with Gasteiger partial charge in [-0.1, -0.05) is 31.9 Å². The molecule has 1 aromatic carbocycles. The van der Waals surface area contributed by atoms with Gasteiger partial charge >= 0.3 is 6.03 Å². The number of carbonyl (C=O) groups is 2. The molecule has 0 bridgehead atoms. The molecule has 0 spiro atoms. The van der Waals surface area contributed by atoms with Crippen molar-refractivity contribution in [1.29, 1.82) is 0 Å². The van der Waals surface area contributed by atoms with Crippen molar-refractivity contribution in [2.75, 3.05) is 0 Å². The highest BCUT2D eigenvalue weighted by Crippen LogP contribution is 2.23. The third kappa shape index (κ3) is 4.04. The van der Waals surface area contributed by atoms with Crippen molar-refractivity contribution < 1.29 is 9.59 Å². The van der Waals surface area contributed by atoms with Gasteiger partial charge in [0.05, 0.1) is 11.7 Å². The minimum atomic E-state index is -0.478. The van der Waals surface area contributed by atoms with E-state index in [0.717, 1.165) is 19.3 Å². The lowest BCUT2D eigenvalue weighted by Gasteiger charge is -2.29. The number of para-hydroxylation sites is 1. The fourth-order valence-corrected chi connectivity index (χ4v) is 3.32. The molecule has 1 fully saturated rings. The van der Waals surface area contributed by atoms with Gasteiger partial charge in [0.15, 0.2) is 0 Å². The van der Waals surface area contributed by atoms with E-state index >= 15 is 0 Å². The zero-order valence-electron chi connectivity index (χ0n) is 14.2. The average molecular weight is 342 g/mol. The van der Waals surface area contributed by atoms with Crippen LogP contribution in [-0.4, -0.2) is 27.8 Å². The summed E-state index contributed by atoms with van der Waals surface area (Å²) in [7, 11) is 0. The Balaban J connectivity index is 1.64. The first-order valence-corrected chi connectivity index (χ1v) is 8.60. The van der Waals surface area contributed by atoms with Crippen molar-refractivity contribution in [1.82, 2.24) is 20.4 Å². The monoisotopic (exact) mass is 342 g/mol. The van der Waals surface area contributed by atoms with Crippen LogP contribution in [0.15, 0.2) is 35.3 Å². The fourth-order valence-electron chi connectivity index (χ4n) is 3.32. The Morgan fingerprint density at radius 2 is 2.00 bits per heavy atom. The average Bonchev–Trinajstić information content (AvgIpc) is 2.59. The van der Waals surface area contributed by atoms with Gasteiger partial charge in [-0.25, -0.2) is 4.79 Å². The molecule has 2 aromatic rings. The quantitative estimate of drug-likeness (QED) is 0.889. The van der Waals surface area contributed by atoms with Crippen LogP contribution in [0.3, 0.4) is 0 Å². The fraction of sp³-hybridized carbons (Fsp3) is 0.444. The summed E-state index contributed by atoms with van der Waals surface area (Å²) >= 11 is 0. The van der Waals surface area contributed by atoms with Crippen molar-refractivity contribution in [3.05, 3.63) is 40.7 Å². The van der Waals surface area contributed by atoms with Gasteiger partial charge in [0.1, 0.15) is 6.54 Å². The van der Waals surface area contributed by atoms with E-state index in [1.54, 1.807) is 24.3 Å². The zero-order valence-corrected chi connectivity index (χ0v) is 14.2. The number of carbonyl (C=O) groups excluding carboxylic acids is 2. The molecule has 0 aliphatic heterocycles. The van der Waals surface area contributed by atoms with E-state index in [4.69, 9.17) is 0 Å². The predicted octanol–water partition coefficient (Wildman–Crippen LogP) is 1.80. The second-order valence-electron chi connectivity index (χ2n) is 6.57. The molecule has 3 amide bonds. The number of hydrogen-bond acceptors (Lipinski definition) is 4. The number of fused-ring (bicyclic) bond motifs is 1. The maximum atomic E-state index is 12.2. The number of imide groups is 1. The van der Waals surface area contributed by atoms with Gasteiger partial charge in [0.2, 0.25) is 11.3 Å². The van der Waals surface area contributed by atoms with Crippen molar-refractivity contribution in [3.63, 3.8) is 0 Å². The Morgan fingerprint density at radius 3 is 2.80 bits per heavy atom. The smallest absolute Gasteiger partial charge is 0.321 e. The van der Waals surface area contributed by atoms with Gasteiger partial charge < -0.3 is 5.32 Å². The van der Waals surface area contributed by atoms with Gasteiger partial charge in [0.25, 0.3) is 0 Å². The van der Waals surface area contributed by atoms with E-state index in [2.05, 4.69) is 22.7 Å². The van der Waals surface area contributed by atoms with E-state index in [9.17, 15) is 14.4 Å². The van der Waals surface area contributed by atoms with Crippen LogP contribution in [0.2, 0.25) is 0 Å². The van der Waals surface area contributed by atoms with Gasteiger partial charge in [-0.3, -0.25) is 19.6 Å². The topological polar surface area (TPSA) is 93.1 Å². The minimum absolute atomic E-state index is 0.105. The lowest BCUT2D eigenvalue weighted by Crippen LogP contribution is -2.48. The highest BCUT2D eigenvalue weighted by Gasteiger charge is 2.23. The van der Waals surface area contributed by atoms with E-state index in [-0.39, 0.29) is 18.0 Å². The van der Waals surface area contributed by atoms with Gasteiger partial charge in [-0.2, -0.15) is 5.10 Å². The molecule has 1 aromatic heterocycles. The summed E-state index contributed by atoms with van der Waals surface area (Å²) in [6, 6.07) is 6.57. The summed E-state index contributed by atoms with van der Waals surface area (Å²) in [6.45, 7) is 1.98. The third-order valence-corrected chi connectivity index (χ3v) is 4.74. The van der Waals surface area contributed by atoms with Gasteiger partial charge in [-0.15, -0.1) is 0 Å². The van der Waals surface area contributed by atoms with Crippen molar-refractivity contribution in [3.8, 4) is 0 Å². The molecule has 132 valence electrons. The predicted molar refractivity (Wildman–Crippen MR) is 94.1 cm³/mol. The van der Waals surface area contributed by atoms with Gasteiger partial charge in [0, 0.05) is 11.4 Å². The maximum absolute atomic E-state index is 12.2. The standard InChI is InChI=1S/C18H22N4O3/c1-12-6-2-4-8-14(12)20-18(25)21-17(24)11-22-15-9-5-3-7-13(15)16(23)10-19-22/h3,5,7,9-10,12,14H,2,4,6,8,11H2,1H3,(H2,20,21,24,25)/t12-,14-/m1/s1. The Labute approximate surface area is 145 Å². The summed E-state index contributed by atoms with van der Waals surface area (Å²) in [5, 5.41) is 9.71. The van der Waals surface area contributed by atoms with Crippen molar-refractivity contribution >= 4 is 22.8 Å². The second kappa shape index (κ2) is 7.46. The van der Waals surface area contributed by atoms with E-state index in [0.29, 0.717) is 16.8 Å². The SMILES string of the molecule is C[C@@H]1CCCC[C@H]1NC(=O)NC(=O)Cn1ncc(=O)c2ccccc21. The number of nitrogens with one attached hydrogen (secondary N) is 2. The third-order valence-electron chi connectivity index (χ3n) is 4.74. The number of nitrogens with zero attached hydrogens (tertiary/aromatic N) is 2. The second-order valence-corrected chi connectivity index (χ2v) is 6.57. The molecular formula is C18H22N4O3. The van der Waals surface area contributed by atoms with Crippen LogP contribution in [-0.2, 0) is 11.3 Å². The first kappa shape index (κ1) is 17.1. The number of hydrogen-bond donors (Lipinski definition) is 2. The van der Waals surface area contributed by atoms with Crippen molar-refractivity contribution in [2.24, 2.45) is 5.92 Å². The van der Waals surface area contributed by atoms with Crippen LogP contribution in [0.4, 0.5) is 4.79 Å². The minimum Gasteiger partial charge on any atom is -0.335 e. The highest BCUT2D eigenvalue weighted by molar-refractivity contribution is 5.94. The van der Waals surface area contributed by atoms with Crippen LogP contribution < -0.4 is 16.1 Å². The summed E-state index contributed by atoms with van der Waals surface area (Å²) in [5.74, 6) is -0.0542. The van der Waals surface area contributed by atoms with E-state index in [1.165, 1.54) is 17.3 Å². The molecule has 1 heterocycles. The molecule has 2 N–H and O–H groups in total. The number of rotatable bonds is 3. The molecule has 0 radical (unpaired) electrons. The van der Waals surface area contributed by atoms with Crippen LogP contribution in [0.25, 0.3) is 10.9 Å². The van der Waals surface area contributed by atoms with Crippen LogP contribution in [0.1, 0.15) is 32.6 Å². The van der Waals surface area contributed by atoms with E-state index in [1.807, 2.05) is 0 Å². The Kier molecular flexibility index (Phi) is 5.11. The van der Waals surface area contributed by atoms with Gasteiger partial charge in [-0.05, 0) is 30.9 Å². The molecule has 25 heavy (non-hydrogen) atoms. The molecule has 7 nitrogen and oxygen atoms in total. The highest BCUT2D eigenvalue weighted by atomic mass is 16.2. The molecule has 1 aliphatic carbocycles. The van der Waals surface area contributed by atoms with Crippen molar-refractivity contribution in [2.45, 2.75) is 45.2 Å². The molecule has 3 rings (SSSR count). The number of urea groups is 1. The first-order valence-electron chi connectivity index (χ1n) is 8.60. The lowest BCUT2D eigenvalue weighted by molar-refractivity contribution is -0.120. The molecule has 7 heteroatoms. The number of aromatic nitrogens is 2. The number of benzene rings is 1. The van der Waals surface area contributed by atoms with Crippen LogP contribution in [0.5, 0.6) is 0 Å². The summed E-state index contributed by atoms with van der Waals surface area (Å²) < 4.78 is 1.42. The molecular weight excluding hydrogens is 320 g/mol. The molecule has 1 saturated carbocycles. The normalized spacial score (nSPS) is 20.2. The first-order chi connectivity index (χ1) is 12.0. The Morgan fingerprint density at radius 1 is 1.24 bits per heavy atom.